The predicted molar refractivity (Wildman–Crippen MR) is 261 cm³/mol. The van der Waals surface area contributed by atoms with Crippen molar-refractivity contribution in [2.24, 2.45) is 0 Å². The average Bonchev–Trinajstić information content (AvgIpc) is 3.79. The summed E-state index contributed by atoms with van der Waals surface area (Å²) >= 11 is 0. The van der Waals surface area contributed by atoms with E-state index in [1.54, 1.807) is 48.6 Å². The summed E-state index contributed by atoms with van der Waals surface area (Å²) in [5, 5.41) is 11.8. The van der Waals surface area contributed by atoms with Gasteiger partial charge in [0.1, 0.15) is 19.5 Å². The van der Waals surface area contributed by atoms with Gasteiger partial charge in [-0.3, -0.25) is 9.97 Å². The summed E-state index contributed by atoms with van der Waals surface area (Å²) in [6.45, 7) is 13.5. The van der Waals surface area contributed by atoms with Crippen LogP contribution in [0.25, 0.3) is 44.1 Å². The van der Waals surface area contributed by atoms with Crippen molar-refractivity contribution < 1.29 is 28.9 Å². The fraction of sp³-hybridized carbons (Fsp3) is 0.208. The summed E-state index contributed by atoms with van der Waals surface area (Å²) in [7, 11) is 1.53. The van der Waals surface area contributed by atoms with Crippen LogP contribution in [0.3, 0.4) is 0 Å². The van der Waals surface area contributed by atoms with Gasteiger partial charge in [0.25, 0.3) is 0 Å². The van der Waals surface area contributed by atoms with Gasteiger partial charge in [-0.2, -0.15) is 0 Å². The maximum Gasteiger partial charge on any atom is 0.355 e. The molecule has 0 aliphatic heterocycles. The third kappa shape index (κ3) is 9.87. The molecule has 0 spiro atoms. The molecule has 0 atom stereocenters. The highest BCUT2D eigenvalue weighted by molar-refractivity contribution is 6.83. The molecule has 1 N–H and O–H groups in total. The molecule has 0 aliphatic rings. The number of carboxylic acid groups (broad SMARTS) is 1. The lowest BCUT2D eigenvalue weighted by Gasteiger charge is -2.13. The molecule has 0 saturated carbocycles. The Morgan fingerprint density at radius 3 is 1.65 bits per heavy atom. The summed E-state index contributed by atoms with van der Waals surface area (Å²) in [5.74, 6) is 5.35. The number of hydrogen-bond donors (Lipinski definition) is 1. The van der Waals surface area contributed by atoms with Crippen LogP contribution in [0.5, 0.6) is 11.8 Å². The monoisotopic (exact) mass is 894 g/mol. The van der Waals surface area contributed by atoms with Crippen molar-refractivity contribution in [1.82, 2.24) is 29.1 Å². The smallest absolute Gasteiger partial charge is 0.355 e. The van der Waals surface area contributed by atoms with Crippen molar-refractivity contribution in [3.8, 4) is 57.8 Å². The van der Waals surface area contributed by atoms with Crippen LogP contribution in [0.1, 0.15) is 61.5 Å². The molecule has 0 unspecified atom stereocenters. The fourth-order valence-electron chi connectivity index (χ4n) is 7.90. The van der Waals surface area contributed by atoms with Crippen molar-refractivity contribution in [1.29, 1.82) is 0 Å². The average molecular weight is 895 g/mol. The third-order valence-corrected chi connectivity index (χ3v) is 11.5. The Balaban J connectivity index is 0.000000199. The summed E-state index contributed by atoms with van der Waals surface area (Å²) < 4.78 is 20.4. The van der Waals surface area contributed by atoms with Crippen LogP contribution in [0.2, 0.25) is 19.6 Å². The largest absolute Gasteiger partial charge is 0.481 e. The van der Waals surface area contributed by atoms with Crippen LogP contribution in [0.15, 0.2) is 110 Å². The van der Waals surface area contributed by atoms with E-state index in [0.717, 1.165) is 61.0 Å². The number of terminal acetylenes is 1. The maximum absolute atomic E-state index is 13.5. The number of aryl methyl sites for hydroxylation is 2. The highest BCUT2D eigenvalue weighted by atomic mass is 28.3. The minimum atomic E-state index is -1.57. The molecule has 0 fully saturated rings. The van der Waals surface area contributed by atoms with Crippen molar-refractivity contribution in [3.63, 3.8) is 0 Å². The Morgan fingerprint density at radius 2 is 1.18 bits per heavy atom. The molecule has 8 aromatic rings. The molecule has 0 amide bonds. The summed E-state index contributed by atoms with van der Waals surface area (Å²) in [4.78, 5) is 43.2. The van der Waals surface area contributed by atoms with E-state index in [1.165, 1.54) is 7.11 Å². The highest BCUT2D eigenvalue weighted by Crippen LogP contribution is 2.41. The van der Waals surface area contributed by atoms with E-state index < -0.39 is 20.0 Å². The lowest BCUT2D eigenvalue weighted by Crippen LogP contribution is -2.16. The SMILES string of the molecule is C#Cc1ccc2c(c1)c(-c1cccnc1OC)c(C(=O)O)n2Cc1ccnc(C)c1.CCOC(=O)c1c(-c2cccnc2OC)c2cc(C#C[Si](C)(C)C)ccc2n1Cc1ccnc(C)c1. The number of carbonyl (C=O) groups is 2. The molecule has 0 aliphatic carbocycles. The minimum Gasteiger partial charge on any atom is -0.481 e. The summed E-state index contributed by atoms with van der Waals surface area (Å²) in [6, 6.07) is 26.7. The lowest BCUT2D eigenvalue weighted by atomic mass is 10.0. The number of fused-ring (bicyclic) bond motifs is 2. The number of nitrogens with zero attached hydrogens (tertiary/aromatic N) is 6. The molecular weight excluding hydrogens is 845 g/mol. The van der Waals surface area contributed by atoms with Crippen LogP contribution in [0.4, 0.5) is 0 Å². The molecule has 0 radical (unpaired) electrons. The summed E-state index contributed by atoms with van der Waals surface area (Å²) in [6.07, 6.45) is 12.4. The minimum absolute atomic E-state index is 0.153. The predicted octanol–water partition coefficient (Wildman–Crippen LogP) is 10.0. The van der Waals surface area contributed by atoms with E-state index in [9.17, 15) is 14.7 Å². The van der Waals surface area contributed by atoms with Gasteiger partial charge in [-0.05, 0) is 117 Å². The van der Waals surface area contributed by atoms with Crippen molar-refractivity contribution >= 4 is 41.8 Å². The van der Waals surface area contributed by atoms with E-state index >= 15 is 0 Å². The van der Waals surface area contributed by atoms with Gasteiger partial charge in [0, 0.05) is 104 Å². The van der Waals surface area contributed by atoms with Gasteiger partial charge in [0.15, 0.2) is 0 Å². The van der Waals surface area contributed by atoms with Crippen LogP contribution in [0, 0.1) is 37.7 Å². The van der Waals surface area contributed by atoms with E-state index in [-0.39, 0.29) is 12.3 Å². The molecular formula is C53H50N6O6Si. The number of pyridine rings is 4. The van der Waals surface area contributed by atoms with Gasteiger partial charge in [-0.25, -0.2) is 19.6 Å². The first-order valence-corrected chi connectivity index (χ1v) is 24.8. The van der Waals surface area contributed by atoms with E-state index in [2.05, 4.69) is 63.0 Å². The number of esters is 1. The number of aromatic nitrogens is 6. The Hall–Kier alpha value is -8.00. The molecule has 6 aromatic heterocycles. The summed E-state index contributed by atoms with van der Waals surface area (Å²) in [5.41, 5.74) is 13.7. The number of ether oxygens (including phenoxy) is 3. The van der Waals surface area contributed by atoms with Gasteiger partial charge in [-0.1, -0.05) is 31.5 Å². The maximum atomic E-state index is 13.5. The molecule has 0 saturated heterocycles. The zero-order chi connectivity index (χ0) is 47.1. The second-order valence-corrected chi connectivity index (χ2v) is 21.2. The molecule has 12 nitrogen and oxygen atoms in total. The molecule has 2 aromatic carbocycles. The highest BCUT2D eigenvalue weighted by Gasteiger charge is 2.29. The normalized spacial score (nSPS) is 11.0. The quantitative estimate of drug-likeness (QED) is 0.0757. The van der Waals surface area contributed by atoms with Crippen LogP contribution >= 0.6 is 0 Å². The Labute approximate surface area is 385 Å². The van der Waals surface area contributed by atoms with Crippen LogP contribution in [-0.2, 0) is 17.8 Å². The molecule has 8 rings (SSSR count). The van der Waals surface area contributed by atoms with E-state index in [1.807, 2.05) is 92.1 Å². The van der Waals surface area contributed by atoms with Gasteiger partial charge in [-0.15, -0.1) is 12.0 Å². The number of hydrogen-bond acceptors (Lipinski definition) is 9. The Kier molecular flexibility index (Phi) is 13.8. The van der Waals surface area contributed by atoms with E-state index in [4.69, 9.17) is 20.6 Å². The Bertz CT molecular complexity index is 3240. The lowest BCUT2D eigenvalue weighted by molar-refractivity contribution is 0.0515. The number of carbonyl (C=O) groups excluding carboxylic acids is 1. The second kappa shape index (κ2) is 19.8. The van der Waals surface area contributed by atoms with Gasteiger partial charge in [0.05, 0.1) is 20.8 Å². The first-order chi connectivity index (χ1) is 31.7. The Morgan fingerprint density at radius 1 is 0.682 bits per heavy atom. The van der Waals surface area contributed by atoms with Crippen molar-refractivity contribution in [3.05, 3.63) is 155 Å². The van der Waals surface area contributed by atoms with E-state index in [0.29, 0.717) is 47.2 Å². The van der Waals surface area contributed by atoms with Gasteiger partial charge >= 0.3 is 11.9 Å². The number of aromatic carboxylic acids is 1. The topological polar surface area (TPSA) is 143 Å². The molecule has 332 valence electrons. The van der Waals surface area contributed by atoms with Crippen LogP contribution in [-0.4, -0.2) is 75.0 Å². The molecule has 66 heavy (non-hydrogen) atoms. The zero-order valence-electron chi connectivity index (χ0n) is 38.3. The number of methoxy groups -OCH3 is 2. The van der Waals surface area contributed by atoms with Crippen LogP contribution < -0.4 is 9.47 Å². The number of carboxylic acids is 1. The zero-order valence-corrected chi connectivity index (χ0v) is 39.3. The van der Waals surface area contributed by atoms with Gasteiger partial charge in [0.2, 0.25) is 11.8 Å². The number of rotatable bonds is 11. The first kappa shape index (κ1) is 46.0. The number of benzene rings is 2. The molecule has 13 heteroatoms. The second-order valence-electron chi connectivity index (χ2n) is 16.5. The standard InChI is InChI=1S/C29H31N3O3Si.C24H19N3O3/c1-7-35-29(33)27-26(23-9-8-14-31-28(23)34-3)24-18-21(13-16-36(4,5)6)10-11-25(24)32(27)19-22-12-15-30-20(2)17-22;1-4-16-7-8-20-19(13-16)21(18-6-5-10-26-23(18)30-3)22(24(28)29)27(20)14-17-9-11-25-15(2)12-17/h8-12,14-15,17-18H,7,19H2,1-6H3;1,5-13H,14H2,2-3H3,(H,28,29). The van der Waals surface area contributed by atoms with Crippen molar-refractivity contribution in [2.45, 2.75) is 53.5 Å². The van der Waals surface area contributed by atoms with Crippen molar-refractivity contribution in [2.75, 3.05) is 20.8 Å². The molecule has 6 heterocycles. The third-order valence-electron chi connectivity index (χ3n) is 10.6. The fourth-order valence-corrected chi connectivity index (χ4v) is 8.42. The first-order valence-electron chi connectivity index (χ1n) is 21.3. The molecule has 0 bridgehead atoms. The van der Waals surface area contributed by atoms with Gasteiger partial charge < -0.3 is 28.5 Å².